The van der Waals surface area contributed by atoms with Gasteiger partial charge in [-0.1, -0.05) is 77.8 Å². The highest BCUT2D eigenvalue weighted by Crippen LogP contribution is 2.34. The van der Waals surface area contributed by atoms with Crippen molar-refractivity contribution < 1.29 is 27.5 Å². The lowest BCUT2D eigenvalue weighted by molar-refractivity contribution is -0.140. The lowest BCUT2D eigenvalue weighted by Crippen LogP contribution is -2.53. The van der Waals surface area contributed by atoms with E-state index in [2.05, 4.69) is 5.32 Å². The number of carbonyl (C=O) groups is 2. The Kier molecular flexibility index (Phi) is 11.9. The molecular weight excluding hydrogens is 649 g/mol. The van der Waals surface area contributed by atoms with Crippen LogP contribution in [0.3, 0.4) is 0 Å². The molecule has 1 atom stereocenters. The van der Waals surface area contributed by atoms with Crippen LogP contribution in [0.5, 0.6) is 11.5 Å². The van der Waals surface area contributed by atoms with Gasteiger partial charge in [-0.3, -0.25) is 13.9 Å². The van der Waals surface area contributed by atoms with E-state index in [0.29, 0.717) is 27.9 Å². The molecule has 242 valence electrons. The van der Waals surface area contributed by atoms with E-state index >= 15 is 0 Å². The van der Waals surface area contributed by atoms with Gasteiger partial charge in [0.05, 0.1) is 24.8 Å². The molecule has 4 rings (SSSR count). The van der Waals surface area contributed by atoms with E-state index in [1.807, 2.05) is 30.3 Å². The molecule has 0 heterocycles. The van der Waals surface area contributed by atoms with E-state index in [4.69, 9.17) is 32.7 Å². The number of benzene rings is 4. The number of halogens is 2. The highest BCUT2D eigenvalue weighted by atomic mass is 35.5. The van der Waals surface area contributed by atoms with Crippen molar-refractivity contribution in [2.45, 2.75) is 30.8 Å². The minimum atomic E-state index is -4.28. The molecule has 0 aliphatic rings. The van der Waals surface area contributed by atoms with Gasteiger partial charge in [0, 0.05) is 35.6 Å². The number of rotatable bonds is 14. The average Bonchev–Trinajstić information content (AvgIpc) is 3.06. The van der Waals surface area contributed by atoms with Crippen molar-refractivity contribution in [3.8, 4) is 11.5 Å². The molecule has 0 bridgehead atoms. The molecule has 0 aliphatic carbocycles. The first-order valence-electron chi connectivity index (χ1n) is 14.4. The van der Waals surface area contributed by atoms with Crippen LogP contribution in [0.25, 0.3) is 0 Å². The molecule has 0 aliphatic heterocycles. The van der Waals surface area contributed by atoms with Gasteiger partial charge in [0.1, 0.15) is 12.6 Å². The second-order valence-corrected chi connectivity index (χ2v) is 12.9. The van der Waals surface area contributed by atoms with Gasteiger partial charge in [0.15, 0.2) is 11.5 Å². The quantitative estimate of drug-likeness (QED) is 0.175. The molecule has 4 aromatic carbocycles. The highest BCUT2D eigenvalue weighted by Gasteiger charge is 2.35. The monoisotopic (exact) mass is 683 g/mol. The summed E-state index contributed by atoms with van der Waals surface area (Å²) in [6.07, 6.45) is 0.172. The third kappa shape index (κ3) is 8.31. The van der Waals surface area contributed by atoms with Crippen LogP contribution >= 0.6 is 23.2 Å². The van der Waals surface area contributed by atoms with Crippen molar-refractivity contribution >= 4 is 50.7 Å². The molecular formula is C34H35Cl2N3O6S. The van der Waals surface area contributed by atoms with Gasteiger partial charge in [-0.15, -0.1) is 0 Å². The van der Waals surface area contributed by atoms with Crippen molar-refractivity contribution in [2.24, 2.45) is 0 Å². The number of hydrogen-bond donors (Lipinski definition) is 1. The molecule has 0 saturated heterocycles. The van der Waals surface area contributed by atoms with Gasteiger partial charge in [0.2, 0.25) is 11.8 Å². The fourth-order valence-electron chi connectivity index (χ4n) is 4.91. The number of methoxy groups -OCH3 is 2. The van der Waals surface area contributed by atoms with Crippen LogP contribution < -0.4 is 19.1 Å². The molecule has 4 aromatic rings. The third-order valence-corrected chi connectivity index (χ3v) is 9.62. The Morgan fingerprint density at radius 1 is 0.848 bits per heavy atom. The van der Waals surface area contributed by atoms with Crippen LogP contribution in [0.2, 0.25) is 10.0 Å². The topological polar surface area (TPSA) is 105 Å². The maximum atomic E-state index is 14.5. The van der Waals surface area contributed by atoms with Crippen molar-refractivity contribution in [3.63, 3.8) is 0 Å². The Morgan fingerprint density at radius 2 is 1.50 bits per heavy atom. The summed E-state index contributed by atoms with van der Waals surface area (Å²) in [6, 6.07) is 25.5. The number of nitrogens with zero attached hydrogens (tertiary/aromatic N) is 2. The minimum Gasteiger partial charge on any atom is -0.493 e. The zero-order valence-electron chi connectivity index (χ0n) is 25.7. The van der Waals surface area contributed by atoms with E-state index < -0.39 is 34.4 Å². The van der Waals surface area contributed by atoms with E-state index in [9.17, 15) is 18.0 Å². The first-order chi connectivity index (χ1) is 22.1. The largest absolute Gasteiger partial charge is 0.493 e. The van der Waals surface area contributed by atoms with Crippen molar-refractivity contribution in [1.29, 1.82) is 0 Å². The maximum Gasteiger partial charge on any atom is 0.264 e. The van der Waals surface area contributed by atoms with Crippen LogP contribution in [0.1, 0.15) is 18.1 Å². The van der Waals surface area contributed by atoms with Gasteiger partial charge in [-0.25, -0.2) is 8.42 Å². The number of anilines is 1. The predicted molar refractivity (Wildman–Crippen MR) is 180 cm³/mol. The first kappa shape index (κ1) is 34.6. The van der Waals surface area contributed by atoms with Gasteiger partial charge < -0.3 is 19.7 Å². The fraction of sp³-hybridized carbons (Fsp3) is 0.235. The van der Waals surface area contributed by atoms with E-state index in [1.165, 1.54) is 43.4 Å². The number of amides is 2. The number of sulfonamides is 1. The molecule has 0 fully saturated rings. The maximum absolute atomic E-state index is 14.5. The van der Waals surface area contributed by atoms with Gasteiger partial charge >= 0.3 is 0 Å². The summed E-state index contributed by atoms with van der Waals surface area (Å²) in [4.78, 5) is 29.5. The Labute approximate surface area is 279 Å². The summed E-state index contributed by atoms with van der Waals surface area (Å²) in [5, 5.41) is 3.54. The predicted octanol–water partition coefficient (Wildman–Crippen LogP) is 5.98. The summed E-state index contributed by atoms with van der Waals surface area (Å²) in [5.74, 6) is -0.372. The van der Waals surface area contributed by atoms with Crippen molar-refractivity contribution in [1.82, 2.24) is 10.2 Å². The van der Waals surface area contributed by atoms with Crippen LogP contribution in [0.15, 0.2) is 102 Å². The molecule has 12 heteroatoms. The number of ether oxygens (including phenoxy) is 2. The average molecular weight is 685 g/mol. The second kappa shape index (κ2) is 15.8. The van der Waals surface area contributed by atoms with Crippen LogP contribution in [0, 0.1) is 0 Å². The molecule has 2 amide bonds. The Bertz CT molecular complexity index is 1760. The molecule has 0 unspecified atom stereocenters. The zero-order valence-corrected chi connectivity index (χ0v) is 28.0. The summed E-state index contributed by atoms with van der Waals surface area (Å²) in [6.45, 7) is 1.39. The van der Waals surface area contributed by atoms with Crippen LogP contribution in [-0.2, 0) is 32.6 Å². The lowest BCUT2D eigenvalue weighted by Gasteiger charge is -2.34. The molecule has 0 saturated carbocycles. The highest BCUT2D eigenvalue weighted by molar-refractivity contribution is 7.92. The molecule has 0 radical (unpaired) electrons. The first-order valence-corrected chi connectivity index (χ1v) is 16.6. The zero-order chi connectivity index (χ0) is 33.3. The number of likely N-dealkylation sites (N-methyl/N-ethyl adjacent to an activating group) is 1. The number of nitrogens with one attached hydrogen (secondary N) is 1. The standard InChI is InChI=1S/C34H35Cl2N3O6S/c1-4-37-34(41)30(19-24-11-7-5-8-12-24)38(22-25-15-16-26(35)20-29(25)36)33(40)23-39(46(42,43)28-13-9-6-10-14-28)27-17-18-31(44-2)32(21-27)45-3/h5-18,20-21,30H,4,19,22-23H2,1-3H3,(H,37,41)/t30-/m0/s1. The molecule has 9 nitrogen and oxygen atoms in total. The molecule has 0 spiro atoms. The number of hydrogen-bond acceptors (Lipinski definition) is 6. The molecule has 0 aromatic heterocycles. The van der Waals surface area contributed by atoms with Gasteiger partial charge in [-0.05, 0) is 54.4 Å². The van der Waals surface area contributed by atoms with Crippen LogP contribution in [0.4, 0.5) is 5.69 Å². The summed E-state index contributed by atoms with van der Waals surface area (Å²) in [7, 11) is -1.39. The third-order valence-electron chi connectivity index (χ3n) is 7.24. The second-order valence-electron chi connectivity index (χ2n) is 10.2. The summed E-state index contributed by atoms with van der Waals surface area (Å²) in [5.41, 5.74) is 1.51. The van der Waals surface area contributed by atoms with E-state index in [0.717, 1.165) is 9.87 Å². The van der Waals surface area contributed by atoms with E-state index in [-0.39, 0.29) is 29.3 Å². The van der Waals surface area contributed by atoms with E-state index in [1.54, 1.807) is 49.4 Å². The smallest absolute Gasteiger partial charge is 0.264 e. The summed E-state index contributed by atoms with van der Waals surface area (Å²) >= 11 is 12.7. The Hall–Kier alpha value is -4.25. The lowest BCUT2D eigenvalue weighted by atomic mass is 10.0. The van der Waals surface area contributed by atoms with Crippen LogP contribution in [-0.4, -0.2) is 58.5 Å². The van der Waals surface area contributed by atoms with Crippen molar-refractivity contribution in [2.75, 3.05) is 31.6 Å². The van der Waals surface area contributed by atoms with Gasteiger partial charge in [-0.2, -0.15) is 0 Å². The molecule has 1 N–H and O–H groups in total. The van der Waals surface area contributed by atoms with Crippen molar-refractivity contribution in [3.05, 3.63) is 118 Å². The number of carbonyl (C=O) groups excluding carboxylic acids is 2. The Morgan fingerprint density at radius 3 is 2.11 bits per heavy atom. The normalized spacial score (nSPS) is 11.8. The fourth-order valence-corrected chi connectivity index (χ4v) is 6.80. The molecule has 46 heavy (non-hydrogen) atoms. The van der Waals surface area contributed by atoms with Gasteiger partial charge in [0.25, 0.3) is 10.0 Å². The Balaban J connectivity index is 1.84. The summed E-state index contributed by atoms with van der Waals surface area (Å²) < 4.78 is 40.1. The minimum absolute atomic E-state index is 0.0190. The SMILES string of the molecule is CCNC(=O)[C@H](Cc1ccccc1)N(Cc1ccc(Cl)cc1Cl)C(=O)CN(c1ccc(OC)c(OC)c1)S(=O)(=O)c1ccccc1.